The van der Waals surface area contributed by atoms with Gasteiger partial charge in [0.15, 0.2) is 6.20 Å². The van der Waals surface area contributed by atoms with Gasteiger partial charge in [-0.3, -0.25) is 10.1 Å². The van der Waals surface area contributed by atoms with Crippen molar-refractivity contribution >= 4 is 29.1 Å². The van der Waals surface area contributed by atoms with E-state index in [-0.39, 0.29) is 29.2 Å². The van der Waals surface area contributed by atoms with Crippen LogP contribution >= 0.6 is 11.6 Å². The topological polar surface area (TPSA) is 120 Å². The molecule has 0 aliphatic heterocycles. The number of halogens is 1. The number of pyridine rings is 1. The van der Waals surface area contributed by atoms with E-state index in [1.165, 1.54) is 0 Å². The minimum absolute atomic E-state index is 0.00396. The molecule has 0 aliphatic carbocycles. The largest absolute Gasteiger partial charge is 0.618 e. The number of alkyl carbamates (subject to hydrolysis) is 1. The van der Waals surface area contributed by atoms with Gasteiger partial charge < -0.3 is 20.6 Å². The molecule has 0 aliphatic rings. The third-order valence-corrected chi connectivity index (χ3v) is 4.51. The third-order valence-electron chi connectivity index (χ3n) is 4.16. The minimum atomic E-state index is -0.591. The fourth-order valence-corrected chi connectivity index (χ4v) is 2.85. The average molecular weight is 423 g/mol. The summed E-state index contributed by atoms with van der Waals surface area (Å²) in [6.07, 6.45) is 2.65. The number of hydrogen-bond donors (Lipinski definition) is 2. The first-order chi connectivity index (χ1) is 13.9. The molecule has 156 valence electrons. The van der Waals surface area contributed by atoms with Crippen molar-refractivity contribution < 1.29 is 19.2 Å². The van der Waals surface area contributed by atoms with Gasteiger partial charge in [0, 0.05) is 12.6 Å². The predicted molar refractivity (Wildman–Crippen MR) is 109 cm³/mol. The Morgan fingerprint density at radius 2 is 2.00 bits per heavy atom. The van der Waals surface area contributed by atoms with Crippen LogP contribution in [0, 0.1) is 15.3 Å². The van der Waals surface area contributed by atoms with Crippen LogP contribution in [0.1, 0.15) is 31.7 Å². The highest BCUT2D eigenvalue weighted by atomic mass is 35.5. The lowest BCUT2D eigenvalue weighted by atomic mass is 10.1. The van der Waals surface area contributed by atoms with E-state index in [0.717, 1.165) is 24.2 Å². The summed E-state index contributed by atoms with van der Waals surface area (Å²) in [5.41, 5.74) is 0.664. The number of aromatic nitrogens is 1. The van der Waals surface area contributed by atoms with Gasteiger partial charge in [-0.1, -0.05) is 30.3 Å². The fraction of sp³-hybridized carbons (Fsp3) is 0.368. The Balaban J connectivity index is 1.69. The maximum atomic E-state index is 11.7. The van der Waals surface area contributed by atoms with Crippen LogP contribution < -0.4 is 15.4 Å². The summed E-state index contributed by atoms with van der Waals surface area (Å²) in [6, 6.07) is 10.3. The van der Waals surface area contributed by atoms with Crippen molar-refractivity contribution in [3.05, 3.63) is 68.6 Å². The zero-order valence-electron chi connectivity index (χ0n) is 16.0. The van der Waals surface area contributed by atoms with E-state index < -0.39 is 11.0 Å². The van der Waals surface area contributed by atoms with E-state index in [0.29, 0.717) is 24.1 Å². The molecule has 1 heterocycles. The highest BCUT2D eigenvalue weighted by Crippen LogP contribution is 2.30. The van der Waals surface area contributed by atoms with Crippen molar-refractivity contribution in [2.75, 3.05) is 11.9 Å². The molecule has 1 atom stereocenters. The number of unbranched alkanes of at least 4 members (excludes halogenated alkanes) is 1. The van der Waals surface area contributed by atoms with Crippen molar-refractivity contribution in [3.63, 3.8) is 0 Å². The molecule has 1 aromatic heterocycles. The van der Waals surface area contributed by atoms with Gasteiger partial charge in [-0.05, 0) is 43.4 Å². The quantitative estimate of drug-likeness (QED) is 0.150. The van der Waals surface area contributed by atoms with E-state index in [2.05, 4.69) is 10.6 Å². The van der Waals surface area contributed by atoms with Crippen molar-refractivity contribution in [1.82, 2.24) is 5.32 Å². The van der Waals surface area contributed by atoms with Gasteiger partial charge in [0.25, 0.3) is 0 Å². The van der Waals surface area contributed by atoms with E-state index in [1.54, 1.807) is 0 Å². The van der Waals surface area contributed by atoms with Crippen LogP contribution in [0.2, 0.25) is 5.15 Å². The van der Waals surface area contributed by atoms with Gasteiger partial charge in [-0.15, -0.1) is 0 Å². The molecule has 0 radical (unpaired) electrons. The normalized spacial score (nSPS) is 11.5. The summed E-state index contributed by atoms with van der Waals surface area (Å²) >= 11 is 5.90. The second kappa shape index (κ2) is 11.1. The molecule has 0 saturated carbocycles. The first-order valence-corrected chi connectivity index (χ1v) is 9.53. The number of nitrogens with one attached hydrogen (secondary N) is 2. The van der Waals surface area contributed by atoms with Crippen LogP contribution in [-0.2, 0) is 11.3 Å². The molecule has 0 saturated heterocycles. The first kappa shape index (κ1) is 22.2. The Morgan fingerprint density at radius 3 is 2.69 bits per heavy atom. The molecular formula is C19H23ClN4O5. The second-order valence-electron chi connectivity index (χ2n) is 6.48. The molecular weight excluding hydrogens is 400 g/mol. The number of hydrogen-bond acceptors (Lipinski definition) is 6. The van der Waals surface area contributed by atoms with Crippen LogP contribution in [0.4, 0.5) is 16.2 Å². The van der Waals surface area contributed by atoms with Crippen molar-refractivity contribution in [3.8, 4) is 0 Å². The molecule has 1 amide bonds. The zero-order chi connectivity index (χ0) is 21.2. The number of carbonyl (C=O) groups excluding carboxylic acids is 1. The number of ether oxygens (including phenoxy) is 1. The molecule has 0 bridgehead atoms. The fourth-order valence-electron chi connectivity index (χ4n) is 2.65. The van der Waals surface area contributed by atoms with Gasteiger partial charge in [0.2, 0.25) is 5.69 Å². The lowest BCUT2D eigenvalue weighted by molar-refractivity contribution is -0.603. The van der Waals surface area contributed by atoms with Crippen molar-refractivity contribution in [2.45, 2.75) is 38.8 Å². The van der Waals surface area contributed by atoms with E-state index in [9.17, 15) is 20.1 Å². The molecule has 2 aromatic rings. The summed E-state index contributed by atoms with van der Waals surface area (Å²) in [5, 5.41) is 28.0. The van der Waals surface area contributed by atoms with Crippen LogP contribution in [0.15, 0.2) is 42.6 Å². The molecule has 29 heavy (non-hydrogen) atoms. The Hall–Kier alpha value is -3.07. The summed E-state index contributed by atoms with van der Waals surface area (Å²) in [7, 11) is 0. The van der Waals surface area contributed by atoms with Crippen LogP contribution in [0.3, 0.4) is 0 Å². The number of rotatable bonds is 10. The predicted octanol–water partition coefficient (Wildman–Crippen LogP) is 3.78. The second-order valence-corrected chi connectivity index (χ2v) is 6.84. The van der Waals surface area contributed by atoms with Gasteiger partial charge >= 0.3 is 16.9 Å². The Morgan fingerprint density at radius 1 is 1.28 bits per heavy atom. The van der Waals surface area contributed by atoms with E-state index >= 15 is 0 Å². The third kappa shape index (κ3) is 7.11. The van der Waals surface area contributed by atoms with Gasteiger partial charge in [0.1, 0.15) is 6.61 Å². The smallest absolute Gasteiger partial charge is 0.407 e. The van der Waals surface area contributed by atoms with Gasteiger partial charge in [-0.25, -0.2) is 4.79 Å². The van der Waals surface area contributed by atoms with Crippen molar-refractivity contribution in [1.29, 1.82) is 0 Å². The minimum Gasteiger partial charge on any atom is -0.618 e. The summed E-state index contributed by atoms with van der Waals surface area (Å²) < 4.78 is 5.49. The van der Waals surface area contributed by atoms with Gasteiger partial charge in [0.05, 0.1) is 11.0 Å². The van der Waals surface area contributed by atoms with Gasteiger partial charge in [-0.2, -0.15) is 4.73 Å². The van der Waals surface area contributed by atoms with E-state index in [1.807, 2.05) is 37.3 Å². The summed E-state index contributed by atoms with van der Waals surface area (Å²) in [6.45, 7) is 2.50. The van der Waals surface area contributed by atoms with Crippen LogP contribution in [-0.4, -0.2) is 23.6 Å². The Kier molecular flexibility index (Phi) is 8.47. The lowest BCUT2D eigenvalue weighted by Gasteiger charge is -2.15. The standard InChI is InChI=1S/C19H23ClN4O5/c1-14(22-17-16(24(27)28)10-12-23(26)18(17)20)7-5-6-11-21-19(25)29-13-15-8-3-2-4-9-15/h2-4,8-10,12,14,22H,5-7,11,13H2,1H3,(H,21,25)/t14-/m0/s1. The van der Waals surface area contributed by atoms with Crippen molar-refractivity contribution in [2.24, 2.45) is 0 Å². The molecule has 9 nitrogen and oxygen atoms in total. The molecule has 0 fully saturated rings. The molecule has 2 N–H and O–H groups in total. The van der Waals surface area contributed by atoms with Crippen LogP contribution in [0.5, 0.6) is 0 Å². The highest BCUT2D eigenvalue weighted by Gasteiger charge is 2.24. The molecule has 2 rings (SSSR count). The number of amides is 1. The lowest BCUT2D eigenvalue weighted by Crippen LogP contribution is -2.29. The summed E-state index contributed by atoms with van der Waals surface area (Å²) in [4.78, 5) is 22.2. The molecule has 0 spiro atoms. The number of benzene rings is 1. The number of anilines is 1. The molecule has 1 aromatic carbocycles. The van der Waals surface area contributed by atoms with Crippen LogP contribution in [0.25, 0.3) is 0 Å². The maximum absolute atomic E-state index is 11.7. The monoisotopic (exact) mass is 422 g/mol. The zero-order valence-corrected chi connectivity index (χ0v) is 16.7. The average Bonchev–Trinajstić information content (AvgIpc) is 2.70. The Labute approximate surface area is 173 Å². The number of nitro groups is 1. The number of nitrogens with zero attached hydrogens (tertiary/aromatic N) is 2. The number of carbonyl (C=O) groups is 1. The maximum Gasteiger partial charge on any atom is 0.407 e. The molecule has 10 heteroatoms. The summed E-state index contributed by atoms with van der Waals surface area (Å²) in [5.74, 6) is 0. The van der Waals surface area contributed by atoms with E-state index in [4.69, 9.17) is 16.3 Å². The SMILES string of the molecule is C[C@@H](CCCCNC(=O)OCc1ccccc1)Nc1c([N+](=O)[O-])cc[n+]([O-])c1Cl. The first-order valence-electron chi connectivity index (χ1n) is 9.15. The Bertz CT molecular complexity index is 835. The highest BCUT2D eigenvalue weighted by molar-refractivity contribution is 6.31. The molecule has 0 unspecified atom stereocenters.